The lowest BCUT2D eigenvalue weighted by Crippen LogP contribution is -2.20. The molecule has 1 aliphatic rings. The molecule has 2 aromatic rings. The predicted octanol–water partition coefficient (Wildman–Crippen LogP) is 3.53. The Kier molecular flexibility index (Phi) is 4.20. The quantitative estimate of drug-likeness (QED) is 0.867. The Morgan fingerprint density at radius 2 is 2.14 bits per heavy atom. The van der Waals surface area contributed by atoms with Crippen molar-refractivity contribution in [2.45, 2.75) is 32.2 Å². The van der Waals surface area contributed by atoms with Crippen LogP contribution < -0.4 is 4.80 Å². The van der Waals surface area contributed by atoms with Crippen molar-refractivity contribution in [3.05, 3.63) is 51.8 Å². The normalized spacial score (nSPS) is 15.2. The van der Waals surface area contributed by atoms with Crippen molar-refractivity contribution in [1.29, 1.82) is 0 Å². The van der Waals surface area contributed by atoms with Gasteiger partial charge in [0.15, 0.2) is 4.80 Å². The van der Waals surface area contributed by atoms with E-state index in [4.69, 9.17) is 4.74 Å². The van der Waals surface area contributed by atoms with E-state index in [-0.39, 0.29) is 0 Å². The largest absolute Gasteiger partial charge is 0.448 e. The Bertz CT molecular complexity index is 684. The number of benzene rings is 1. The van der Waals surface area contributed by atoms with Gasteiger partial charge in [-0.15, -0.1) is 16.3 Å². The molecule has 1 aromatic heterocycles. The van der Waals surface area contributed by atoms with Crippen LogP contribution in [0.5, 0.6) is 0 Å². The van der Waals surface area contributed by atoms with Crippen molar-refractivity contribution in [1.82, 2.24) is 4.57 Å². The van der Waals surface area contributed by atoms with Gasteiger partial charge in [-0.05, 0) is 25.3 Å². The summed E-state index contributed by atoms with van der Waals surface area (Å²) in [4.78, 5) is 16.4. The molecule has 21 heavy (non-hydrogen) atoms. The molecule has 1 saturated carbocycles. The zero-order valence-corrected chi connectivity index (χ0v) is 12.8. The molecular weight excluding hydrogens is 284 g/mol. The van der Waals surface area contributed by atoms with Gasteiger partial charge in [0.2, 0.25) is 0 Å². The second-order valence-electron chi connectivity index (χ2n) is 5.10. The molecule has 1 amide bonds. The third-order valence-electron chi connectivity index (χ3n) is 3.46. The molecule has 1 aromatic carbocycles. The molecule has 0 aliphatic heterocycles. The summed E-state index contributed by atoms with van der Waals surface area (Å²) in [5.41, 5.74) is 2.50. The van der Waals surface area contributed by atoms with Crippen molar-refractivity contribution in [3.8, 4) is 0 Å². The van der Waals surface area contributed by atoms with Gasteiger partial charge in [0.05, 0.1) is 13.2 Å². The lowest BCUT2D eigenvalue weighted by molar-refractivity contribution is 0.162. The number of carbonyl (C=O) groups is 1. The number of amides is 1. The summed E-state index contributed by atoms with van der Waals surface area (Å²) in [6.45, 7) is 2.88. The van der Waals surface area contributed by atoms with Gasteiger partial charge >= 0.3 is 6.09 Å². The first-order chi connectivity index (χ1) is 10.3. The van der Waals surface area contributed by atoms with E-state index in [1.165, 1.54) is 35.4 Å². The average molecular weight is 302 g/mol. The van der Waals surface area contributed by atoms with Gasteiger partial charge in [-0.2, -0.15) is 0 Å². The molecule has 5 heteroatoms. The van der Waals surface area contributed by atoms with Gasteiger partial charge < -0.3 is 9.30 Å². The minimum absolute atomic E-state index is 0.349. The number of hydrogen-bond donors (Lipinski definition) is 0. The molecule has 0 saturated heterocycles. The zero-order valence-electron chi connectivity index (χ0n) is 12.0. The van der Waals surface area contributed by atoms with Gasteiger partial charge in [0.1, 0.15) is 0 Å². The number of hydrogen-bond acceptors (Lipinski definition) is 3. The van der Waals surface area contributed by atoms with Gasteiger partial charge in [0, 0.05) is 17.0 Å². The smallest absolute Gasteiger partial charge is 0.436 e. The fraction of sp³-hybridized carbons (Fsp3) is 0.375. The summed E-state index contributed by atoms with van der Waals surface area (Å²) in [5, 5.41) is 2.12. The first-order valence-corrected chi connectivity index (χ1v) is 8.09. The molecule has 0 N–H and O–H groups in total. The van der Waals surface area contributed by atoms with Crippen LogP contribution in [0.3, 0.4) is 0 Å². The van der Waals surface area contributed by atoms with Gasteiger partial charge in [-0.1, -0.05) is 30.3 Å². The highest BCUT2D eigenvalue weighted by Crippen LogP contribution is 2.40. The summed E-state index contributed by atoms with van der Waals surface area (Å²) in [7, 11) is 0. The van der Waals surface area contributed by atoms with Crippen molar-refractivity contribution in [2.24, 2.45) is 4.99 Å². The zero-order chi connectivity index (χ0) is 14.7. The molecule has 110 valence electrons. The first kappa shape index (κ1) is 14.1. The fourth-order valence-corrected chi connectivity index (χ4v) is 3.26. The average Bonchev–Trinajstić information content (AvgIpc) is 3.25. The molecular formula is C16H18N2O2S. The van der Waals surface area contributed by atoms with Crippen LogP contribution in [0.15, 0.2) is 40.7 Å². The van der Waals surface area contributed by atoms with Crippen LogP contribution in [0.4, 0.5) is 4.79 Å². The molecule has 1 aliphatic carbocycles. The number of carbonyl (C=O) groups excluding carboxylic acids is 1. The number of rotatable bonds is 4. The highest BCUT2D eigenvalue weighted by Gasteiger charge is 2.27. The summed E-state index contributed by atoms with van der Waals surface area (Å²) in [6, 6.07) is 10.3. The van der Waals surface area contributed by atoms with Crippen LogP contribution in [0.1, 0.15) is 36.9 Å². The Labute approximate surface area is 127 Å². The minimum Gasteiger partial charge on any atom is -0.448 e. The van der Waals surface area contributed by atoms with Gasteiger partial charge in [0.25, 0.3) is 0 Å². The van der Waals surface area contributed by atoms with Crippen LogP contribution in [0.25, 0.3) is 0 Å². The van der Waals surface area contributed by atoms with E-state index >= 15 is 0 Å². The Hall–Kier alpha value is -1.88. The topological polar surface area (TPSA) is 43.6 Å². The number of ether oxygens (including phenoxy) is 1. The lowest BCUT2D eigenvalue weighted by Gasteiger charge is -2.08. The van der Waals surface area contributed by atoms with E-state index in [0.29, 0.717) is 12.5 Å². The number of thiazole rings is 1. The molecule has 0 unspecified atom stereocenters. The predicted molar refractivity (Wildman–Crippen MR) is 82.4 cm³/mol. The Morgan fingerprint density at radius 1 is 1.38 bits per heavy atom. The highest BCUT2D eigenvalue weighted by molar-refractivity contribution is 7.07. The van der Waals surface area contributed by atoms with Crippen molar-refractivity contribution in [3.63, 3.8) is 0 Å². The van der Waals surface area contributed by atoms with E-state index in [0.717, 1.165) is 11.3 Å². The van der Waals surface area contributed by atoms with Crippen molar-refractivity contribution < 1.29 is 9.53 Å². The maximum absolute atomic E-state index is 11.6. The standard InChI is InChI=1S/C16H18N2O2S/c1-2-20-16(19)17-15-18(10-12-6-4-3-5-7-12)14(11-21-15)13-8-9-13/h3-7,11,13H,2,8-10H2,1H3/b17-15-. The molecule has 4 nitrogen and oxygen atoms in total. The highest BCUT2D eigenvalue weighted by atomic mass is 32.1. The van der Waals surface area contributed by atoms with Gasteiger partial charge in [-0.3, -0.25) is 0 Å². The Morgan fingerprint density at radius 3 is 2.81 bits per heavy atom. The van der Waals surface area contributed by atoms with Crippen LogP contribution in [0.2, 0.25) is 0 Å². The van der Waals surface area contributed by atoms with E-state index in [2.05, 4.69) is 27.1 Å². The van der Waals surface area contributed by atoms with Crippen LogP contribution in [-0.2, 0) is 11.3 Å². The number of aromatic nitrogens is 1. The molecule has 0 radical (unpaired) electrons. The monoisotopic (exact) mass is 302 g/mol. The van der Waals surface area contributed by atoms with Crippen LogP contribution in [0, 0.1) is 0 Å². The fourth-order valence-electron chi connectivity index (χ4n) is 2.29. The molecule has 3 rings (SSSR count). The maximum atomic E-state index is 11.6. The van der Waals surface area contributed by atoms with Crippen molar-refractivity contribution >= 4 is 17.4 Å². The molecule has 0 bridgehead atoms. The summed E-state index contributed by atoms with van der Waals surface area (Å²) >= 11 is 1.51. The van der Waals surface area contributed by atoms with E-state index in [1.807, 2.05) is 18.2 Å². The van der Waals surface area contributed by atoms with E-state index < -0.39 is 6.09 Å². The number of nitrogens with zero attached hydrogens (tertiary/aromatic N) is 2. The molecule has 0 atom stereocenters. The molecule has 0 spiro atoms. The van der Waals surface area contributed by atoms with E-state index in [1.54, 1.807) is 6.92 Å². The third kappa shape index (κ3) is 3.42. The van der Waals surface area contributed by atoms with Crippen LogP contribution in [-0.4, -0.2) is 17.3 Å². The van der Waals surface area contributed by atoms with Crippen LogP contribution >= 0.6 is 11.3 Å². The lowest BCUT2D eigenvalue weighted by atomic mass is 10.2. The molecule has 1 fully saturated rings. The second kappa shape index (κ2) is 6.26. The van der Waals surface area contributed by atoms with E-state index in [9.17, 15) is 4.79 Å². The first-order valence-electron chi connectivity index (χ1n) is 7.21. The van der Waals surface area contributed by atoms with Crippen molar-refractivity contribution in [2.75, 3.05) is 6.61 Å². The minimum atomic E-state index is -0.511. The maximum Gasteiger partial charge on any atom is 0.436 e. The summed E-state index contributed by atoms with van der Waals surface area (Å²) < 4.78 is 7.07. The van der Waals surface area contributed by atoms with Gasteiger partial charge in [-0.25, -0.2) is 4.79 Å². The second-order valence-corrected chi connectivity index (χ2v) is 5.94. The molecule has 1 heterocycles. The SMILES string of the molecule is CCOC(=O)/N=c1\scc(C2CC2)n1Cc1ccccc1. The summed E-state index contributed by atoms with van der Waals surface area (Å²) in [5.74, 6) is 0.621. The Balaban J connectivity index is 1.95. The third-order valence-corrected chi connectivity index (χ3v) is 4.34. The summed E-state index contributed by atoms with van der Waals surface area (Å²) in [6.07, 6.45) is 1.94.